The zero-order valence-corrected chi connectivity index (χ0v) is 29.8. The van der Waals surface area contributed by atoms with E-state index >= 15 is 0 Å². The van der Waals surface area contributed by atoms with Crippen molar-refractivity contribution in [2.24, 2.45) is 0 Å². The molecule has 0 aromatic heterocycles. The maximum absolute atomic E-state index is 14.0. The van der Waals surface area contributed by atoms with Crippen LogP contribution < -0.4 is 16.4 Å². The molecular weight excluding hydrogens is 750 g/mol. The highest BCUT2D eigenvalue weighted by Gasteiger charge is 2.37. The fourth-order valence-corrected chi connectivity index (χ4v) is 8.47. The number of carbonyl (C=O) groups excluding carboxylic acids is 3. The molecule has 0 saturated carbocycles. The van der Waals surface area contributed by atoms with E-state index in [9.17, 15) is 27.6 Å². The summed E-state index contributed by atoms with van der Waals surface area (Å²) >= 11 is 1.78. The van der Waals surface area contributed by atoms with E-state index in [1.807, 2.05) is 29.2 Å². The number of amides is 5. The minimum Gasteiger partial charge on any atom is -0.397 e. The molecule has 266 valence electrons. The predicted octanol–water partition coefficient (Wildman–Crippen LogP) is 5.54. The summed E-state index contributed by atoms with van der Waals surface area (Å²) in [6, 6.07) is 9.02. The van der Waals surface area contributed by atoms with Crippen LogP contribution in [-0.2, 0) is 23.8 Å². The molecule has 0 bridgehead atoms. The third-order valence-corrected chi connectivity index (χ3v) is 11.4. The summed E-state index contributed by atoms with van der Waals surface area (Å²) in [6.45, 7) is 4.55. The van der Waals surface area contributed by atoms with Crippen molar-refractivity contribution in [2.45, 2.75) is 82.1 Å². The molecule has 0 radical (unpaired) electrons. The maximum Gasteiger partial charge on any atom is 0.418 e. The molecule has 4 heterocycles. The summed E-state index contributed by atoms with van der Waals surface area (Å²) < 4.78 is 41.8. The van der Waals surface area contributed by atoms with E-state index in [0.29, 0.717) is 51.6 Å². The van der Waals surface area contributed by atoms with Crippen LogP contribution in [0.1, 0.15) is 61.6 Å². The van der Waals surface area contributed by atoms with E-state index in [1.54, 1.807) is 38.5 Å². The first-order chi connectivity index (χ1) is 23.5. The number of nitrogens with zero attached hydrogens (tertiary/aromatic N) is 4. The molecular formula is C35H45F3IN7O3. The highest BCUT2D eigenvalue weighted by Crippen LogP contribution is 2.37. The Kier molecular flexibility index (Phi) is 11.1. The second-order valence-electron chi connectivity index (χ2n) is 13.6. The number of nitrogens with two attached hydrogens (primary N) is 1. The van der Waals surface area contributed by atoms with Gasteiger partial charge < -0.3 is 36.0 Å². The van der Waals surface area contributed by atoms with Crippen molar-refractivity contribution in [2.75, 3.05) is 56.9 Å². The lowest BCUT2D eigenvalue weighted by Gasteiger charge is -2.41. The normalized spacial score (nSPS) is 20.7. The number of nitrogens with one attached hydrogen (secondary N) is 2. The van der Waals surface area contributed by atoms with Crippen LogP contribution in [-0.4, -0.2) is 102 Å². The van der Waals surface area contributed by atoms with E-state index in [0.717, 1.165) is 49.7 Å². The van der Waals surface area contributed by atoms with Gasteiger partial charge in [-0.05, 0) is 110 Å². The molecule has 0 unspecified atom stereocenters. The number of nitrogen functional groups attached to an aromatic ring is 1. The van der Waals surface area contributed by atoms with Crippen LogP contribution in [0, 0.1) is 3.57 Å². The van der Waals surface area contributed by atoms with E-state index in [1.165, 1.54) is 19.3 Å². The number of hydrogen-bond acceptors (Lipinski definition) is 5. The number of para-hydroxylation sites is 1. The first kappa shape index (κ1) is 35.6. The third kappa shape index (κ3) is 8.38. The lowest BCUT2D eigenvalue weighted by atomic mass is 9.97. The number of fused-ring (bicyclic) bond motifs is 1. The van der Waals surface area contributed by atoms with Gasteiger partial charge in [-0.1, -0.05) is 24.6 Å². The summed E-state index contributed by atoms with van der Waals surface area (Å²) in [5, 5.41) is 5.91. The number of benzene rings is 2. The highest BCUT2D eigenvalue weighted by molar-refractivity contribution is 14.1. The minimum atomic E-state index is -4.66. The summed E-state index contributed by atoms with van der Waals surface area (Å²) in [5.41, 5.74) is 6.67. The van der Waals surface area contributed by atoms with Crippen molar-refractivity contribution in [3.05, 3.63) is 56.7 Å². The fraction of sp³-hybridized carbons (Fsp3) is 0.571. The lowest BCUT2D eigenvalue weighted by molar-refractivity contribution is -0.137. The molecule has 10 nitrogen and oxygen atoms in total. The molecule has 4 aliphatic heterocycles. The summed E-state index contributed by atoms with van der Waals surface area (Å²) in [4.78, 5) is 48.5. The zero-order chi connectivity index (χ0) is 34.7. The first-order valence-corrected chi connectivity index (χ1v) is 18.4. The van der Waals surface area contributed by atoms with Crippen molar-refractivity contribution in [3.63, 3.8) is 0 Å². The molecule has 2 aromatic rings. The van der Waals surface area contributed by atoms with Gasteiger partial charge in [0.1, 0.15) is 6.04 Å². The van der Waals surface area contributed by atoms with Crippen LogP contribution in [0.5, 0.6) is 0 Å². The lowest BCUT2D eigenvalue weighted by Crippen LogP contribution is -2.57. The zero-order valence-electron chi connectivity index (χ0n) is 27.6. The third-order valence-electron chi connectivity index (χ3n) is 10.5. The Morgan fingerprint density at radius 2 is 1.57 bits per heavy atom. The Morgan fingerprint density at radius 3 is 2.27 bits per heavy atom. The van der Waals surface area contributed by atoms with Crippen molar-refractivity contribution in [3.8, 4) is 0 Å². The molecule has 0 aliphatic carbocycles. The summed E-state index contributed by atoms with van der Waals surface area (Å²) in [7, 11) is 0. The van der Waals surface area contributed by atoms with Crippen molar-refractivity contribution in [1.82, 2.24) is 24.9 Å². The number of anilines is 2. The van der Waals surface area contributed by atoms with Crippen LogP contribution in [0.3, 0.4) is 0 Å². The molecule has 2 aromatic carbocycles. The van der Waals surface area contributed by atoms with E-state index in [-0.39, 0.29) is 39.2 Å². The number of likely N-dealkylation sites (tertiary alicyclic amines) is 3. The van der Waals surface area contributed by atoms with Gasteiger partial charge in [0.15, 0.2) is 0 Å². The number of halogens is 4. The molecule has 3 saturated heterocycles. The SMILES string of the molecule is Nc1c(I)cc(C[C@@H](NC(=O)N2CCC(N3CCc4ccccc4NC3=O)CC2)C(=O)N2CCC(N3CCCCC3)CC2)cc1C(F)(F)F. The molecule has 0 spiro atoms. The van der Waals surface area contributed by atoms with E-state index < -0.39 is 23.8 Å². The van der Waals surface area contributed by atoms with E-state index in [2.05, 4.69) is 15.5 Å². The second-order valence-corrected chi connectivity index (χ2v) is 14.8. The number of carbonyl (C=O) groups is 3. The van der Waals surface area contributed by atoms with Gasteiger partial charge in [-0.15, -0.1) is 0 Å². The number of hydrogen-bond donors (Lipinski definition) is 3. The number of urea groups is 2. The smallest absolute Gasteiger partial charge is 0.397 e. The Labute approximate surface area is 299 Å². The van der Waals surface area contributed by atoms with Gasteiger partial charge in [-0.25, -0.2) is 9.59 Å². The monoisotopic (exact) mass is 795 g/mol. The van der Waals surface area contributed by atoms with Gasteiger partial charge in [-0.2, -0.15) is 13.2 Å². The highest BCUT2D eigenvalue weighted by atomic mass is 127. The van der Waals surface area contributed by atoms with Crippen LogP contribution in [0.2, 0.25) is 0 Å². The quantitative estimate of drug-likeness (QED) is 0.263. The van der Waals surface area contributed by atoms with Crippen molar-refractivity contribution in [1.29, 1.82) is 0 Å². The Bertz CT molecular complexity index is 1520. The average molecular weight is 796 g/mol. The Morgan fingerprint density at radius 1 is 0.918 bits per heavy atom. The minimum absolute atomic E-state index is 0.0466. The predicted molar refractivity (Wildman–Crippen MR) is 190 cm³/mol. The van der Waals surface area contributed by atoms with Gasteiger partial charge in [0, 0.05) is 60.5 Å². The van der Waals surface area contributed by atoms with Gasteiger partial charge >= 0.3 is 18.2 Å². The van der Waals surface area contributed by atoms with Crippen LogP contribution in [0.15, 0.2) is 36.4 Å². The van der Waals surface area contributed by atoms with Gasteiger partial charge in [0.05, 0.1) is 11.3 Å². The summed E-state index contributed by atoms with van der Waals surface area (Å²) in [6.07, 6.45) is 2.40. The standard InChI is InChI=1S/C35H45F3IN7O3/c36-35(37,38)27-20-23(21-28(39)31(27)40)22-30(32(47)44-15-9-25(10-16-44)43-13-4-1-5-14-43)42-33(48)45-17-11-26(12-18-45)46-19-8-24-6-2-3-7-29(24)41-34(46)49/h2-3,6-7,20-21,25-26,30H,1,4-5,8-19,22,40H2,(H,41,49)(H,42,48)/t30-/m1/s1. The van der Waals surface area contributed by atoms with Crippen LogP contribution in [0.25, 0.3) is 0 Å². The Hall–Kier alpha value is -3.27. The van der Waals surface area contributed by atoms with Crippen LogP contribution >= 0.6 is 22.6 Å². The van der Waals surface area contributed by atoms with Crippen molar-refractivity contribution < 1.29 is 27.6 Å². The number of alkyl halides is 3. The number of rotatable bonds is 6. The van der Waals surface area contributed by atoms with Crippen molar-refractivity contribution >= 4 is 51.9 Å². The topological polar surface area (TPSA) is 114 Å². The molecule has 6 rings (SSSR count). The van der Waals surface area contributed by atoms with Gasteiger partial charge in [0.25, 0.3) is 0 Å². The van der Waals surface area contributed by atoms with Gasteiger partial charge in [0.2, 0.25) is 5.91 Å². The molecule has 3 fully saturated rings. The maximum atomic E-state index is 14.0. The molecule has 1 atom stereocenters. The largest absolute Gasteiger partial charge is 0.418 e. The molecule has 4 aliphatic rings. The van der Waals surface area contributed by atoms with E-state index in [4.69, 9.17) is 5.73 Å². The molecule has 5 amide bonds. The molecule has 14 heteroatoms. The molecule has 4 N–H and O–H groups in total. The Balaban J connectivity index is 1.12. The number of piperidine rings is 3. The fourth-order valence-electron chi connectivity index (χ4n) is 7.78. The first-order valence-electron chi connectivity index (χ1n) is 17.4. The second kappa shape index (κ2) is 15.3. The van der Waals surface area contributed by atoms with Gasteiger partial charge in [-0.3, -0.25) is 4.79 Å². The molecule has 49 heavy (non-hydrogen) atoms. The average Bonchev–Trinajstić information content (AvgIpc) is 3.27. The summed E-state index contributed by atoms with van der Waals surface area (Å²) in [5.74, 6) is -0.290. The van der Waals surface area contributed by atoms with Crippen LogP contribution in [0.4, 0.5) is 34.1 Å².